The minimum atomic E-state index is -1.71. The van der Waals surface area contributed by atoms with Gasteiger partial charge in [0.1, 0.15) is 24.4 Å². The number of hydrogen-bond acceptors (Lipinski definition) is 7. The highest BCUT2D eigenvalue weighted by molar-refractivity contribution is 9.10. The molecule has 0 saturated heterocycles. The number of amides is 2. The molecule has 0 spiro atoms. The Bertz CT molecular complexity index is 829. The van der Waals surface area contributed by atoms with Crippen LogP contribution < -0.4 is 10.6 Å². The number of ether oxygens (including phenoxy) is 1. The molecule has 1 aromatic carbocycles. The number of allylic oxidation sites excluding steroid dienone is 1. The van der Waals surface area contributed by atoms with Crippen molar-refractivity contribution < 1.29 is 29.6 Å². The van der Waals surface area contributed by atoms with Crippen LogP contribution in [0.15, 0.2) is 39.7 Å². The summed E-state index contributed by atoms with van der Waals surface area (Å²) < 4.78 is 5.90. The van der Waals surface area contributed by atoms with Gasteiger partial charge in [-0.15, -0.1) is 11.8 Å². The van der Waals surface area contributed by atoms with Gasteiger partial charge in [-0.25, -0.2) is 0 Å². The predicted molar refractivity (Wildman–Crippen MR) is 123 cm³/mol. The Balaban J connectivity index is 2.06. The predicted octanol–water partition coefficient (Wildman–Crippen LogP) is 1.68. The normalized spacial score (nSPS) is 20.9. The van der Waals surface area contributed by atoms with Crippen molar-refractivity contribution in [3.05, 3.63) is 34.8 Å². The van der Waals surface area contributed by atoms with Crippen LogP contribution in [-0.4, -0.2) is 70.5 Å². The van der Waals surface area contributed by atoms with Gasteiger partial charge in [-0.05, 0) is 33.5 Å². The van der Waals surface area contributed by atoms with Gasteiger partial charge in [-0.3, -0.25) is 9.59 Å². The van der Waals surface area contributed by atoms with E-state index in [0.717, 1.165) is 9.37 Å². The van der Waals surface area contributed by atoms with Gasteiger partial charge in [-0.1, -0.05) is 39.0 Å². The summed E-state index contributed by atoms with van der Waals surface area (Å²) in [6, 6.07) is 4.53. The maximum atomic E-state index is 12.7. The SMILES string of the molecule is CO[C@@H](C(=O)NC1CSc2c(Br)cccc2NC1=O)[C@H](O)[C@@H](O)[C@H](O)C=CC(C)(C)C. The van der Waals surface area contributed by atoms with Crippen molar-refractivity contribution in [3.8, 4) is 0 Å². The molecule has 5 N–H and O–H groups in total. The lowest BCUT2D eigenvalue weighted by atomic mass is 9.94. The lowest BCUT2D eigenvalue weighted by Gasteiger charge is -2.28. The second kappa shape index (κ2) is 10.9. The molecular weight excluding hydrogens is 488 g/mol. The molecule has 0 aromatic heterocycles. The monoisotopic (exact) mass is 516 g/mol. The third-order valence-corrected chi connectivity index (χ3v) is 6.72. The van der Waals surface area contributed by atoms with E-state index in [2.05, 4.69) is 26.6 Å². The van der Waals surface area contributed by atoms with Gasteiger partial charge in [0, 0.05) is 22.2 Å². The van der Waals surface area contributed by atoms with Gasteiger partial charge < -0.3 is 30.7 Å². The number of benzene rings is 1. The average Bonchev–Trinajstić information content (AvgIpc) is 2.85. The number of aliphatic hydroxyl groups is 3. The molecule has 0 radical (unpaired) electrons. The van der Waals surface area contributed by atoms with Gasteiger partial charge in [0.05, 0.1) is 5.69 Å². The Morgan fingerprint density at radius 1 is 1.32 bits per heavy atom. The molecule has 172 valence electrons. The highest BCUT2D eigenvalue weighted by atomic mass is 79.9. The molecule has 2 rings (SSSR count). The van der Waals surface area contributed by atoms with E-state index in [0.29, 0.717) is 5.69 Å². The Morgan fingerprint density at radius 3 is 2.61 bits per heavy atom. The zero-order valence-corrected chi connectivity index (χ0v) is 20.2. The number of carbonyl (C=O) groups is 2. The van der Waals surface area contributed by atoms with E-state index in [4.69, 9.17) is 4.74 Å². The molecule has 1 aromatic rings. The number of carbonyl (C=O) groups excluding carboxylic acids is 2. The van der Waals surface area contributed by atoms with E-state index in [-0.39, 0.29) is 11.2 Å². The van der Waals surface area contributed by atoms with E-state index < -0.39 is 42.3 Å². The maximum Gasteiger partial charge on any atom is 0.252 e. The molecule has 1 aliphatic heterocycles. The molecule has 5 atom stereocenters. The van der Waals surface area contributed by atoms with Crippen LogP contribution in [0.25, 0.3) is 0 Å². The number of aliphatic hydroxyl groups excluding tert-OH is 3. The number of halogens is 1. The van der Waals surface area contributed by atoms with E-state index in [1.807, 2.05) is 26.8 Å². The first kappa shape index (κ1) is 25.8. The summed E-state index contributed by atoms with van der Waals surface area (Å²) in [5.41, 5.74) is 0.398. The van der Waals surface area contributed by atoms with Crippen molar-refractivity contribution in [3.63, 3.8) is 0 Å². The summed E-state index contributed by atoms with van der Waals surface area (Å²) in [4.78, 5) is 26.1. The van der Waals surface area contributed by atoms with E-state index >= 15 is 0 Å². The standard InChI is InChI=1S/C21H29BrN2O6S/c1-21(2,3)9-8-14(25)15(26)16(27)17(30-4)20(29)24-13-10-31-18-11(22)6-5-7-12(18)23-19(13)28/h5-9,13-17,25-27H,10H2,1-4H3,(H,23,28)(H,24,29)/t13?,14-,15+,16-,17-/m1/s1. The second-order valence-electron chi connectivity index (χ2n) is 8.33. The van der Waals surface area contributed by atoms with Crippen LogP contribution in [0.2, 0.25) is 0 Å². The minimum Gasteiger partial charge on any atom is -0.387 e. The topological polar surface area (TPSA) is 128 Å². The first-order valence-electron chi connectivity index (χ1n) is 9.73. The molecule has 1 unspecified atom stereocenters. The van der Waals surface area contributed by atoms with Gasteiger partial charge in [0.25, 0.3) is 5.91 Å². The van der Waals surface area contributed by atoms with Crippen LogP contribution >= 0.6 is 27.7 Å². The van der Waals surface area contributed by atoms with Crippen molar-refractivity contribution in [2.45, 2.75) is 56.1 Å². The first-order chi connectivity index (χ1) is 14.4. The van der Waals surface area contributed by atoms with Gasteiger partial charge in [-0.2, -0.15) is 0 Å². The van der Waals surface area contributed by atoms with Crippen LogP contribution in [0, 0.1) is 5.41 Å². The number of fused-ring (bicyclic) bond motifs is 1. The fraction of sp³-hybridized carbons (Fsp3) is 0.524. The third kappa shape index (κ3) is 7.03. The summed E-state index contributed by atoms with van der Waals surface area (Å²) in [5, 5.41) is 36.2. The third-order valence-electron chi connectivity index (χ3n) is 4.57. The van der Waals surface area contributed by atoms with Gasteiger partial charge >= 0.3 is 0 Å². The number of nitrogens with one attached hydrogen (secondary N) is 2. The number of anilines is 1. The zero-order valence-electron chi connectivity index (χ0n) is 17.8. The van der Waals surface area contributed by atoms with Crippen LogP contribution in [0.3, 0.4) is 0 Å². The average molecular weight is 517 g/mol. The van der Waals surface area contributed by atoms with Gasteiger partial charge in [0.15, 0.2) is 6.10 Å². The molecule has 0 fully saturated rings. The van der Waals surface area contributed by atoms with Gasteiger partial charge in [0.2, 0.25) is 5.91 Å². The number of methoxy groups -OCH3 is 1. The Morgan fingerprint density at radius 2 is 2.00 bits per heavy atom. The molecule has 1 heterocycles. The molecule has 0 saturated carbocycles. The number of rotatable bonds is 7. The van der Waals surface area contributed by atoms with E-state index in [1.54, 1.807) is 18.2 Å². The van der Waals surface area contributed by atoms with Crippen LogP contribution in [-0.2, 0) is 14.3 Å². The molecular formula is C21H29BrN2O6S. The van der Waals surface area contributed by atoms with Crippen molar-refractivity contribution in [1.82, 2.24) is 5.32 Å². The Labute approximate surface area is 194 Å². The first-order valence-corrected chi connectivity index (χ1v) is 11.5. The van der Waals surface area contributed by atoms with Crippen molar-refractivity contribution in [2.24, 2.45) is 5.41 Å². The lowest BCUT2D eigenvalue weighted by molar-refractivity contribution is -0.150. The van der Waals surface area contributed by atoms with Crippen molar-refractivity contribution in [2.75, 3.05) is 18.2 Å². The number of thioether (sulfide) groups is 1. The summed E-state index contributed by atoms with van der Waals surface area (Å²) in [6.07, 6.45) is -3.20. The molecule has 8 nitrogen and oxygen atoms in total. The van der Waals surface area contributed by atoms with Crippen LogP contribution in [0.1, 0.15) is 20.8 Å². The van der Waals surface area contributed by atoms with Crippen molar-refractivity contribution >= 4 is 45.2 Å². The van der Waals surface area contributed by atoms with E-state index in [9.17, 15) is 24.9 Å². The smallest absolute Gasteiger partial charge is 0.252 e. The summed E-state index contributed by atoms with van der Waals surface area (Å²) in [7, 11) is 1.20. The molecule has 2 amide bonds. The molecule has 10 heteroatoms. The fourth-order valence-electron chi connectivity index (χ4n) is 2.86. The second-order valence-corrected chi connectivity index (χ2v) is 10.2. The summed E-state index contributed by atoms with van der Waals surface area (Å²) in [6.45, 7) is 5.74. The summed E-state index contributed by atoms with van der Waals surface area (Å²) in [5.74, 6) is -0.915. The molecule has 31 heavy (non-hydrogen) atoms. The Kier molecular flexibility index (Phi) is 9.11. The lowest BCUT2D eigenvalue weighted by Crippen LogP contribution is -2.55. The van der Waals surface area contributed by atoms with Crippen molar-refractivity contribution in [1.29, 1.82) is 0 Å². The molecule has 0 aliphatic carbocycles. The Hall–Kier alpha value is -1.43. The zero-order chi connectivity index (χ0) is 23.3. The quantitative estimate of drug-likeness (QED) is 0.348. The highest BCUT2D eigenvalue weighted by Gasteiger charge is 2.37. The largest absolute Gasteiger partial charge is 0.387 e. The molecule has 1 aliphatic rings. The molecule has 0 bridgehead atoms. The van der Waals surface area contributed by atoms with Crippen LogP contribution in [0.4, 0.5) is 5.69 Å². The number of hydrogen-bond donors (Lipinski definition) is 5. The fourth-order valence-corrected chi connectivity index (χ4v) is 4.62. The van der Waals surface area contributed by atoms with E-state index in [1.165, 1.54) is 24.9 Å². The minimum absolute atomic E-state index is 0.235. The summed E-state index contributed by atoms with van der Waals surface area (Å²) >= 11 is 4.84. The maximum absolute atomic E-state index is 12.7. The van der Waals surface area contributed by atoms with Crippen LogP contribution in [0.5, 0.6) is 0 Å². The highest BCUT2D eigenvalue weighted by Crippen LogP contribution is 2.36.